The summed E-state index contributed by atoms with van der Waals surface area (Å²) >= 11 is 0. The Morgan fingerprint density at radius 3 is 2.79 bits per heavy atom. The third-order valence-corrected chi connectivity index (χ3v) is 4.40. The van der Waals surface area contributed by atoms with Crippen molar-refractivity contribution < 1.29 is 14.1 Å². The van der Waals surface area contributed by atoms with Gasteiger partial charge >= 0.3 is 5.69 Å². The number of fused-ring (bicyclic) bond motifs is 1. The van der Waals surface area contributed by atoms with Gasteiger partial charge in [-0.1, -0.05) is 0 Å². The molecule has 1 aromatic carbocycles. The standard InChI is InChI=1S/C19H15FN6O3/c1-11-15-3-4-16(25(15)8-7-21-11)13-5-6-22-19(23-13)24-14-10-17(26(27)28)12(20)9-18(14)29-2/h3-10H,1-2H3,(H,22,23,24). The van der Waals surface area contributed by atoms with E-state index in [9.17, 15) is 14.5 Å². The fourth-order valence-corrected chi connectivity index (χ4v) is 3.02. The highest BCUT2D eigenvalue weighted by Crippen LogP contribution is 2.33. The number of hydrogen-bond donors (Lipinski definition) is 1. The third kappa shape index (κ3) is 3.31. The second-order valence-corrected chi connectivity index (χ2v) is 6.14. The summed E-state index contributed by atoms with van der Waals surface area (Å²) in [6.45, 7) is 1.92. The molecule has 1 N–H and O–H groups in total. The van der Waals surface area contributed by atoms with Crippen LogP contribution in [0.5, 0.6) is 5.75 Å². The average Bonchev–Trinajstić information content (AvgIpc) is 3.14. The quantitative estimate of drug-likeness (QED) is 0.404. The summed E-state index contributed by atoms with van der Waals surface area (Å²) in [5, 5.41) is 13.9. The maximum absolute atomic E-state index is 13.8. The summed E-state index contributed by atoms with van der Waals surface area (Å²) in [7, 11) is 1.34. The van der Waals surface area contributed by atoms with E-state index in [1.165, 1.54) is 7.11 Å². The van der Waals surface area contributed by atoms with E-state index in [1.54, 1.807) is 18.5 Å². The molecule has 3 heterocycles. The van der Waals surface area contributed by atoms with Gasteiger partial charge in [0.05, 0.1) is 40.3 Å². The van der Waals surface area contributed by atoms with Crippen LogP contribution in [-0.4, -0.2) is 31.4 Å². The van der Waals surface area contributed by atoms with Crippen LogP contribution < -0.4 is 10.1 Å². The smallest absolute Gasteiger partial charge is 0.307 e. The van der Waals surface area contributed by atoms with Crippen LogP contribution in [0, 0.1) is 22.9 Å². The first kappa shape index (κ1) is 18.3. The monoisotopic (exact) mass is 394 g/mol. The average molecular weight is 394 g/mol. The van der Waals surface area contributed by atoms with Gasteiger partial charge in [-0.3, -0.25) is 15.1 Å². The lowest BCUT2D eigenvalue weighted by atomic mass is 10.2. The van der Waals surface area contributed by atoms with Crippen molar-refractivity contribution >= 4 is 22.8 Å². The molecule has 0 aliphatic rings. The number of aryl methyl sites for hydroxylation is 1. The molecule has 0 fully saturated rings. The number of methoxy groups -OCH3 is 1. The maximum atomic E-state index is 13.8. The predicted molar refractivity (Wildman–Crippen MR) is 104 cm³/mol. The van der Waals surface area contributed by atoms with Crippen molar-refractivity contribution in [2.75, 3.05) is 12.4 Å². The van der Waals surface area contributed by atoms with Gasteiger partial charge in [-0.15, -0.1) is 0 Å². The van der Waals surface area contributed by atoms with Crippen LogP contribution in [0.25, 0.3) is 16.9 Å². The molecule has 0 bridgehead atoms. The minimum absolute atomic E-state index is 0.0944. The molecule has 0 atom stereocenters. The SMILES string of the molecule is COc1cc(F)c([N+](=O)[O-])cc1Nc1nccc(-c2ccc3c(C)nccn23)n1. The number of benzene rings is 1. The second-order valence-electron chi connectivity index (χ2n) is 6.14. The number of rotatable bonds is 5. The summed E-state index contributed by atoms with van der Waals surface area (Å²) < 4.78 is 20.9. The number of nitrogens with one attached hydrogen (secondary N) is 1. The lowest BCUT2D eigenvalue weighted by Crippen LogP contribution is -2.03. The molecule has 29 heavy (non-hydrogen) atoms. The lowest BCUT2D eigenvalue weighted by Gasteiger charge is -2.11. The fourth-order valence-electron chi connectivity index (χ4n) is 3.02. The van der Waals surface area contributed by atoms with Gasteiger partial charge in [-0.25, -0.2) is 9.97 Å². The van der Waals surface area contributed by atoms with Crippen molar-refractivity contribution in [3.63, 3.8) is 0 Å². The van der Waals surface area contributed by atoms with Crippen LogP contribution in [0.15, 0.2) is 48.9 Å². The summed E-state index contributed by atoms with van der Waals surface area (Å²) in [5.41, 5.74) is 2.79. The van der Waals surface area contributed by atoms with Gasteiger partial charge in [0.1, 0.15) is 5.75 Å². The number of halogens is 1. The van der Waals surface area contributed by atoms with E-state index in [0.717, 1.165) is 29.0 Å². The first-order valence-electron chi connectivity index (χ1n) is 8.53. The Hall–Kier alpha value is -4.08. The highest BCUT2D eigenvalue weighted by Gasteiger charge is 2.20. The minimum atomic E-state index is -0.990. The fraction of sp³-hybridized carbons (Fsp3) is 0.105. The molecule has 0 radical (unpaired) electrons. The lowest BCUT2D eigenvalue weighted by molar-refractivity contribution is -0.387. The van der Waals surface area contributed by atoms with E-state index in [2.05, 4.69) is 20.3 Å². The van der Waals surface area contributed by atoms with Crippen molar-refractivity contribution in [1.82, 2.24) is 19.4 Å². The second kappa shape index (κ2) is 7.15. The van der Waals surface area contributed by atoms with E-state index in [1.807, 2.05) is 29.7 Å². The molecule has 146 valence electrons. The summed E-state index contributed by atoms with van der Waals surface area (Å²) in [6, 6.07) is 7.60. The topological polar surface area (TPSA) is 107 Å². The van der Waals surface area contributed by atoms with Crippen molar-refractivity contribution in [2.24, 2.45) is 0 Å². The molecule has 0 saturated carbocycles. The Balaban J connectivity index is 1.74. The molecule has 0 spiro atoms. The number of nitro benzene ring substituents is 1. The first-order chi connectivity index (χ1) is 14.0. The van der Waals surface area contributed by atoms with Crippen LogP contribution in [0.4, 0.5) is 21.7 Å². The molecule has 3 aromatic heterocycles. The molecule has 0 aliphatic heterocycles. The molecule has 0 amide bonds. The normalized spacial score (nSPS) is 10.9. The number of nitro groups is 1. The summed E-state index contributed by atoms with van der Waals surface area (Å²) in [4.78, 5) is 23.1. The van der Waals surface area contributed by atoms with Gasteiger partial charge < -0.3 is 14.5 Å². The molecular weight excluding hydrogens is 379 g/mol. The van der Waals surface area contributed by atoms with Crippen LogP contribution in [0.1, 0.15) is 5.69 Å². The highest BCUT2D eigenvalue weighted by molar-refractivity contribution is 5.69. The van der Waals surface area contributed by atoms with E-state index in [4.69, 9.17) is 4.74 Å². The molecule has 10 heteroatoms. The number of anilines is 2. The van der Waals surface area contributed by atoms with Crippen LogP contribution >= 0.6 is 0 Å². The number of hydrogen-bond acceptors (Lipinski definition) is 7. The largest absolute Gasteiger partial charge is 0.494 e. The summed E-state index contributed by atoms with van der Waals surface area (Å²) in [6.07, 6.45) is 5.09. The molecule has 0 unspecified atom stereocenters. The molecule has 0 saturated heterocycles. The number of aromatic nitrogens is 4. The van der Waals surface area contributed by atoms with Crippen LogP contribution in [0.3, 0.4) is 0 Å². The van der Waals surface area contributed by atoms with Gasteiger partial charge in [0.2, 0.25) is 11.8 Å². The van der Waals surface area contributed by atoms with Gasteiger partial charge in [0.15, 0.2) is 0 Å². The molecule has 9 nitrogen and oxygen atoms in total. The van der Waals surface area contributed by atoms with Crippen LogP contribution in [-0.2, 0) is 0 Å². The van der Waals surface area contributed by atoms with Crippen molar-refractivity contribution in [3.8, 4) is 17.1 Å². The molecule has 4 rings (SSSR count). The van der Waals surface area contributed by atoms with Crippen molar-refractivity contribution in [2.45, 2.75) is 6.92 Å². The summed E-state index contributed by atoms with van der Waals surface area (Å²) in [5.74, 6) is -0.713. The highest BCUT2D eigenvalue weighted by atomic mass is 19.1. The maximum Gasteiger partial charge on any atom is 0.307 e. The Morgan fingerprint density at radius 1 is 1.21 bits per heavy atom. The van der Waals surface area contributed by atoms with E-state index in [0.29, 0.717) is 5.69 Å². The van der Waals surface area contributed by atoms with Crippen molar-refractivity contribution in [1.29, 1.82) is 0 Å². The number of nitrogens with zero attached hydrogens (tertiary/aromatic N) is 5. The minimum Gasteiger partial charge on any atom is -0.494 e. The van der Waals surface area contributed by atoms with Gasteiger partial charge in [0.25, 0.3) is 0 Å². The van der Waals surface area contributed by atoms with E-state index >= 15 is 0 Å². The third-order valence-electron chi connectivity index (χ3n) is 4.40. The Bertz CT molecular complexity index is 1240. The first-order valence-corrected chi connectivity index (χ1v) is 8.53. The molecular formula is C19H15FN6O3. The molecule has 0 aliphatic carbocycles. The zero-order valence-electron chi connectivity index (χ0n) is 15.5. The predicted octanol–water partition coefficient (Wildman–Crippen LogP) is 3.90. The van der Waals surface area contributed by atoms with E-state index in [-0.39, 0.29) is 17.4 Å². The Labute approximate surface area is 164 Å². The molecule has 4 aromatic rings. The van der Waals surface area contributed by atoms with E-state index < -0.39 is 16.4 Å². The zero-order chi connectivity index (χ0) is 20.5. The van der Waals surface area contributed by atoms with Gasteiger partial charge in [-0.05, 0) is 25.1 Å². The van der Waals surface area contributed by atoms with Crippen molar-refractivity contribution in [3.05, 3.63) is 70.5 Å². The Kier molecular flexibility index (Phi) is 4.51. The van der Waals surface area contributed by atoms with Gasteiger partial charge in [0, 0.05) is 30.7 Å². The Morgan fingerprint density at radius 2 is 2.03 bits per heavy atom. The van der Waals surface area contributed by atoms with Crippen LogP contribution in [0.2, 0.25) is 0 Å². The zero-order valence-corrected chi connectivity index (χ0v) is 15.5. The van der Waals surface area contributed by atoms with Gasteiger partial charge in [-0.2, -0.15) is 4.39 Å². The number of ether oxygens (including phenoxy) is 1.